The van der Waals surface area contributed by atoms with E-state index in [2.05, 4.69) is 10.4 Å². The van der Waals surface area contributed by atoms with Gasteiger partial charge in [0, 0.05) is 17.6 Å². The molecule has 1 heterocycles. The predicted molar refractivity (Wildman–Crippen MR) is 105 cm³/mol. The summed E-state index contributed by atoms with van der Waals surface area (Å²) in [5, 5.41) is 16.0. The van der Waals surface area contributed by atoms with Gasteiger partial charge in [-0.3, -0.25) is 9.48 Å². The Labute approximate surface area is 165 Å². The van der Waals surface area contributed by atoms with Gasteiger partial charge in [-0.15, -0.1) is 11.8 Å². The van der Waals surface area contributed by atoms with E-state index in [1.807, 2.05) is 30.3 Å². The average molecular weight is 399 g/mol. The lowest BCUT2D eigenvalue weighted by Gasteiger charge is -2.04. The number of nitrogens with one attached hydrogen (secondary N) is 1. The third kappa shape index (κ3) is 5.43. The first-order valence-corrected chi connectivity index (χ1v) is 9.53. The van der Waals surface area contributed by atoms with Crippen LogP contribution in [0.15, 0.2) is 65.7 Å². The highest BCUT2D eigenvalue weighted by Gasteiger charge is 2.18. The van der Waals surface area contributed by atoms with Gasteiger partial charge in [-0.25, -0.2) is 9.18 Å². The molecule has 0 bridgehead atoms. The molecule has 1 aromatic heterocycles. The molecular weight excluding hydrogens is 381 g/mol. The van der Waals surface area contributed by atoms with Crippen LogP contribution >= 0.6 is 11.8 Å². The summed E-state index contributed by atoms with van der Waals surface area (Å²) in [6, 6.07) is 15.6. The van der Waals surface area contributed by atoms with Crippen molar-refractivity contribution >= 4 is 29.3 Å². The molecular formula is C20H18FN3O3S. The standard InChI is InChI=1S/C20H18FN3O3S/c21-15-6-8-16(9-7-15)28-13-18(25)22-17-12-24(23-19(17)20(26)27)11-10-14-4-2-1-3-5-14/h1-9,12H,10-11,13H2,(H,22,25)(H,26,27). The SMILES string of the molecule is O=C(CSc1ccc(F)cc1)Nc1cn(CCc2ccccc2)nc1C(=O)O. The van der Waals surface area contributed by atoms with Gasteiger partial charge < -0.3 is 10.4 Å². The number of halogens is 1. The van der Waals surface area contributed by atoms with Gasteiger partial charge in [-0.05, 0) is 36.2 Å². The molecule has 1 amide bonds. The first-order chi connectivity index (χ1) is 13.5. The number of aromatic carboxylic acids is 1. The number of rotatable bonds is 8. The number of benzene rings is 2. The zero-order chi connectivity index (χ0) is 19.9. The van der Waals surface area contributed by atoms with Crippen LogP contribution in [0.1, 0.15) is 16.1 Å². The Kier molecular flexibility index (Phi) is 6.44. The second-order valence-corrected chi connectivity index (χ2v) is 7.03. The van der Waals surface area contributed by atoms with Crippen LogP contribution < -0.4 is 5.32 Å². The second kappa shape index (κ2) is 9.18. The lowest BCUT2D eigenvalue weighted by molar-refractivity contribution is -0.113. The van der Waals surface area contributed by atoms with E-state index in [0.717, 1.165) is 10.5 Å². The summed E-state index contributed by atoms with van der Waals surface area (Å²) in [7, 11) is 0. The summed E-state index contributed by atoms with van der Waals surface area (Å²) in [6.45, 7) is 0.491. The van der Waals surface area contributed by atoms with E-state index in [1.54, 1.807) is 12.1 Å². The van der Waals surface area contributed by atoms with E-state index in [1.165, 1.54) is 34.8 Å². The zero-order valence-electron chi connectivity index (χ0n) is 14.8. The van der Waals surface area contributed by atoms with Crippen molar-refractivity contribution < 1.29 is 19.1 Å². The van der Waals surface area contributed by atoms with E-state index >= 15 is 0 Å². The van der Waals surface area contributed by atoms with E-state index in [-0.39, 0.29) is 28.9 Å². The summed E-state index contributed by atoms with van der Waals surface area (Å²) >= 11 is 1.23. The van der Waals surface area contributed by atoms with Gasteiger partial charge in [0.2, 0.25) is 5.91 Å². The molecule has 0 aliphatic rings. The maximum atomic E-state index is 12.9. The highest BCUT2D eigenvalue weighted by Crippen LogP contribution is 2.20. The van der Waals surface area contributed by atoms with Crippen molar-refractivity contribution in [1.82, 2.24) is 9.78 Å². The van der Waals surface area contributed by atoms with Crippen LogP contribution in [0.2, 0.25) is 0 Å². The van der Waals surface area contributed by atoms with Crippen LogP contribution in [0.4, 0.5) is 10.1 Å². The van der Waals surface area contributed by atoms with Gasteiger partial charge >= 0.3 is 5.97 Å². The molecule has 144 valence electrons. The van der Waals surface area contributed by atoms with Crippen molar-refractivity contribution in [3.8, 4) is 0 Å². The summed E-state index contributed by atoms with van der Waals surface area (Å²) in [4.78, 5) is 24.4. The van der Waals surface area contributed by atoms with Gasteiger partial charge in [-0.1, -0.05) is 30.3 Å². The summed E-state index contributed by atoms with van der Waals surface area (Å²) in [5.74, 6) is -1.85. The first kappa shape index (κ1) is 19.6. The number of amides is 1. The normalized spacial score (nSPS) is 10.6. The molecule has 0 saturated carbocycles. The maximum absolute atomic E-state index is 12.9. The van der Waals surface area contributed by atoms with Gasteiger partial charge in [-0.2, -0.15) is 5.10 Å². The molecule has 3 rings (SSSR count). The molecule has 0 aliphatic heterocycles. The molecule has 3 aromatic rings. The fourth-order valence-corrected chi connectivity index (χ4v) is 3.24. The number of hydrogen-bond acceptors (Lipinski definition) is 4. The molecule has 0 aliphatic carbocycles. The smallest absolute Gasteiger partial charge is 0.358 e. The zero-order valence-corrected chi connectivity index (χ0v) is 15.7. The van der Waals surface area contributed by atoms with E-state index in [9.17, 15) is 19.1 Å². The minimum Gasteiger partial charge on any atom is -0.476 e. The molecule has 2 aromatic carbocycles. The maximum Gasteiger partial charge on any atom is 0.358 e. The largest absolute Gasteiger partial charge is 0.476 e. The molecule has 6 nitrogen and oxygen atoms in total. The van der Waals surface area contributed by atoms with Crippen molar-refractivity contribution in [3.63, 3.8) is 0 Å². The number of nitrogens with zero attached hydrogens (tertiary/aromatic N) is 2. The summed E-state index contributed by atoms with van der Waals surface area (Å²) < 4.78 is 14.4. The molecule has 2 N–H and O–H groups in total. The molecule has 8 heteroatoms. The van der Waals surface area contributed by atoms with E-state index in [0.29, 0.717) is 13.0 Å². The van der Waals surface area contributed by atoms with Gasteiger partial charge in [0.05, 0.1) is 11.4 Å². The number of aromatic nitrogens is 2. The molecule has 0 unspecified atom stereocenters. The average Bonchev–Trinajstić information content (AvgIpc) is 3.10. The number of carboxylic acids is 1. The number of thioether (sulfide) groups is 1. The molecule has 0 fully saturated rings. The van der Waals surface area contributed by atoms with Crippen molar-refractivity contribution in [2.45, 2.75) is 17.9 Å². The highest BCUT2D eigenvalue weighted by atomic mass is 32.2. The lowest BCUT2D eigenvalue weighted by Crippen LogP contribution is -2.15. The Morgan fingerprint density at radius 2 is 1.82 bits per heavy atom. The number of carbonyl (C=O) groups excluding carboxylic acids is 1. The summed E-state index contributed by atoms with van der Waals surface area (Å²) in [5.41, 5.74) is 1.06. The topological polar surface area (TPSA) is 84.2 Å². The fraction of sp³-hybridized carbons (Fsp3) is 0.150. The molecule has 28 heavy (non-hydrogen) atoms. The number of anilines is 1. The number of hydrogen-bond donors (Lipinski definition) is 2. The monoisotopic (exact) mass is 399 g/mol. The van der Waals surface area contributed by atoms with E-state index in [4.69, 9.17) is 0 Å². The highest BCUT2D eigenvalue weighted by molar-refractivity contribution is 8.00. The van der Waals surface area contributed by atoms with Gasteiger partial charge in [0.25, 0.3) is 0 Å². The fourth-order valence-electron chi connectivity index (χ4n) is 2.54. The Morgan fingerprint density at radius 1 is 1.11 bits per heavy atom. The van der Waals surface area contributed by atoms with Gasteiger partial charge in [0.15, 0.2) is 5.69 Å². The van der Waals surface area contributed by atoms with Crippen molar-refractivity contribution in [3.05, 3.63) is 77.9 Å². The Hall–Kier alpha value is -3.13. The predicted octanol–water partition coefficient (Wildman–Crippen LogP) is 3.69. The summed E-state index contributed by atoms with van der Waals surface area (Å²) in [6.07, 6.45) is 2.21. The van der Waals surface area contributed by atoms with Crippen LogP contribution in [0.5, 0.6) is 0 Å². The van der Waals surface area contributed by atoms with Crippen LogP contribution in [-0.2, 0) is 17.8 Å². The third-order valence-electron chi connectivity index (χ3n) is 3.89. The van der Waals surface area contributed by atoms with E-state index < -0.39 is 5.97 Å². The molecule has 0 saturated heterocycles. The van der Waals surface area contributed by atoms with Crippen molar-refractivity contribution in [2.24, 2.45) is 0 Å². The lowest BCUT2D eigenvalue weighted by atomic mass is 10.1. The third-order valence-corrected chi connectivity index (χ3v) is 4.91. The van der Waals surface area contributed by atoms with Crippen LogP contribution in [-0.4, -0.2) is 32.5 Å². The number of carboxylic acid groups (broad SMARTS) is 1. The minimum atomic E-state index is -1.21. The van der Waals surface area contributed by atoms with Crippen molar-refractivity contribution in [1.29, 1.82) is 0 Å². The second-order valence-electron chi connectivity index (χ2n) is 5.99. The molecule has 0 spiro atoms. The van der Waals surface area contributed by atoms with Crippen LogP contribution in [0, 0.1) is 5.82 Å². The van der Waals surface area contributed by atoms with Crippen LogP contribution in [0.3, 0.4) is 0 Å². The number of carbonyl (C=O) groups is 2. The Bertz CT molecular complexity index is 959. The Morgan fingerprint density at radius 3 is 2.50 bits per heavy atom. The quantitative estimate of drug-likeness (QED) is 0.565. The Balaban J connectivity index is 1.61. The van der Waals surface area contributed by atoms with Gasteiger partial charge in [0.1, 0.15) is 5.82 Å². The van der Waals surface area contributed by atoms with Crippen LogP contribution in [0.25, 0.3) is 0 Å². The molecule has 0 radical (unpaired) electrons. The van der Waals surface area contributed by atoms with Crippen molar-refractivity contribution in [2.75, 3.05) is 11.1 Å². The number of aryl methyl sites for hydroxylation is 2. The first-order valence-electron chi connectivity index (χ1n) is 8.54. The molecule has 0 atom stereocenters. The minimum absolute atomic E-state index is 0.0693.